The maximum absolute atomic E-state index is 12.2. The Morgan fingerprint density at radius 3 is 1.96 bits per heavy atom. The Bertz CT molecular complexity index is 513. The van der Waals surface area contributed by atoms with Crippen LogP contribution in [0.2, 0.25) is 0 Å². The van der Waals surface area contributed by atoms with Gasteiger partial charge in [-0.15, -0.1) is 0 Å². The summed E-state index contributed by atoms with van der Waals surface area (Å²) in [5, 5.41) is 0. The number of carbonyl (C=O) groups is 1. The van der Waals surface area contributed by atoms with Crippen LogP contribution in [-0.2, 0) is 9.53 Å². The number of carbonyl (C=O) groups excluding carboxylic acids is 1. The van der Waals surface area contributed by atoms with Gasteiger partial charge in [0.15, 0.2) is 0 Å². The fourth-order valence-corrected chi connectivity index (χ4v) is 2.54. The molecule has 3 atom stereocenters. The second-order valence-electron chi connectivity index (χ2n) is 7.11. The second kappa shape index (κ2) is 9.07. The summed E-state index contributed by atoms with van der Waals surface area (Å²) in [7, 11) is 0. The van der Waals surface area contributed by atoms with Crippen LogP contribution in [0.15, 0.2) is 18.2 Å². The normalized spacial score (nSPS) is 15.2. The number of nitrogens with two attached hydrogens (primary N) is 1. The SMILES string of the molecule is CCC(C)C(N)C(=O)OC(C)Oc1c(C(C)C)cccc1C(C)C. The number of hydrogen-bond acceptors (Lipinski definition) is 4. The third-order valence-electron chi connectivity index (χ3n) is 4.42. The molecule has 0 aliphatic carbocycles. The molecule has 1 aromatic rings. The molecule has 24 heavy (non-hydrogen) atoms. The molecule has 0 aliphatic rings. The molecule has 0 amide bonds. The van der Waals surface area contributed by atoms with E-state index in [9.17, 15) is 4.79 Å². The van der Waals surface area contributed by atoms with Crippen LogP contribution in [0.3, 0.4) is 0 Å². The zero-order valence-electron chi connectivity index (χ0n) is 16.1. The molecule has 0 aliphatic heterocycles. The summed E-state index contributed by atoms with van der Waals surface area (Å²) in [6, 6.07) is 5.55. The first kappa shape index (κ1) is 20.5. The largest absolute Gasteiger partial charge is 0.454 e. The van der Waals surface area contributed by atoms with Gasteiger partial charge < -0.3 is 15.2 Å². The molecule has 3 unspecified atom stereocenters. The summed E-state index contributed by atoms with van der Waals surface area (Å²) in [5.41, 5.74) is 8.18. The van der Waals surface area contributed by atoms with E-state index < -0.39 is 18.3 Å². The fraction of sp³-hybridized carbons (Fsp3) is 0.650. The molecule has 0 saturated carbocycles. The molecule has 4 heteroatoms. The highest BCUT2D eigenvalue weighted by Gasteiger charge is 2.24. The van der Waals surface area contributed by atoms with E-state index in [4.69, 9.17) is 15.2 Å². The summed E-state index contributed by atoms with van der Waals surface area (Å²) in [5.74, 6) is 1.14. The molecule has 1 aromatic carbocycles. The Kier molecular flexibility index (Phi) is 7.74. The zero-order valence-corrected chi connectivity index (χ0v) is 16.1. The Morgan fingerprint density at radius 1 is 1.04 bits per heavy atom. The Labute approximate surface area is 146 Å². The lowest BCUT2D eigenvalue weighted by Crippen LogP contribution is -2.40. The monoisotopic (exact) mass is 335 g/mol. The average molecular weight is 335 g/mol. The molecule has 1 rings (SSSR count). The van der Waals surface area contributed by atoms with E-state index in [2.05, 4.69) is 39.8 Å². The minimum atomic E-state index is -0.676. The van der Waals surface area contributed by atoms with Crippen molar-refractivity contribution in [3.05, 3.63) is 29.3 Å². The minimum absolute atomic E-state index is 0.0823. The van der Waals surface area contributed by atoms with Crippen LogP contribution in [0.4, 0.5) is 0 Å². The van der Waals surface area contributed by atoms with E-state index in [-0.39, 0.29) is 5.92 Å². The fourth-order valence-electron chi connectivity index (χ4n) is 2.54. The molecular formula is C20H33NO3. The van der Waals surface area contributed by atoms with Crippen molar-refractivity contribution in [2.75, 3.05) is 0 Å². The lowest BCUT2D eigenvalue weighted by molar-refractivity contribution is -0.164. The lowest BCUT2D eigenvalue weighted by Gasteiger charge is -2.25. The van der Waals surface area contributed by atoms with Crippen molar-refractivity contribution in [2.24, 2.45) is 11.7 Å². The average Bonchev–Trinajstić information content (AvgIpc) is 2.52. The Hall–Kier alpha value is -1.55. The smallest absolute Gasteiger partial charge is 0.326 e. The van der Waals surface area contributed by atoms with E-state index in [1.165, 1.54) is 0 Å². The topological polar surface area (TPSA) is 61.6 Å². The third kappa shape index (κ3) is 5.23. The van der Waals surface area contributed by atoms with Crippen molar-refractivity contribution < 1.29 is 14.3 Å². The van der Waals surface area contributed by atoms with Crippen LogP contribution < -0.4 is 10.5 Å². The number of rotatable bonds is 8. The van der Waals surface area contributed by atoms with Gasteiger partial charge in [0, 0.05) is 6.92 Å². The lowest BCUT2D eigenvalue weighted by atomic mass is 9.94. The maximum Gasteiger partial charge on any atom is 0.326 e. The number of hydrogen-bond donors (Lipinski definition) is 1. The van der Waals surface area contributed by atoms with Crippen LogP contribution in [0.25, 0.3) is 0 Å². The third-order valence-corrected chi connectivity index (χ3v) is 4.42. The van der Waals surface area contributed by atoms with E-state index in [1.807, 2.05) is 19.9 Å². The van der Waals surface area contributed by atoms with Gasteiger partial charge in [0.1, 0.15) is 11.8 Å². The molecule has 0 fully saturated rings. The highest BCUT2D eigenvalue weighted by molar-refractivity contribution is 5.75. The van der Waals surface area contributed by atoms with Gasteiger partial charge in [-0.2, -0.15) is 0 Å². The molecule has 0 spiro atoms. The summed E-state index contributed by atoms with van der Waals surface area (Å²) >= 11 is 0. The highest BCUT2D eigenvalue weighted by Crippen LogP contribution is 2.35. The first-order chi connectivity index (χ1) is 11.2. The number of ether oxygens (including phenoxy) is 2. The van der Waals surface area contributed by atoms with Crippen LogP contribution in [0.5, 0.6) is 5.75 Å². The predicted octanol–water partition coefficient (Wildman–Crippen LogP) is 4.57. The zero-order chi connectivity index (χ0) is 18.4. The summed E-state index contributed by atoms with van der Waals surface area (Å²) in [6.45, 7) is 14.2. The number of esters is 1. The van der Waals surface area contributed by atoms with E-state index in [0.29, 0.717) is 11.8 Å². The molecule has 0 saturated heterocycles. The van der Waals surface area contributed by atoms with Gasteiger partial charge in [0.2, 0.25) is 6.29 Å². The van der Waals surface area contributed by atoms with Crippen molar-refractivity contribution in [2.45, 2.75) is 79.1 Å². The molecule has 0 heterocycles. The highest BCUT2D eigenvalue weighted by atomic mass is 16.7. The van der Waals surface area contributed by atoms with Gasteiger partial charge in [0.25, 0.3) is 0 Å². The van der Waals surface area contributed by atoms with Crippen LogP contribution in [-0.4, -0.2) is 18.3 Å². The Morgan fingerprint density at radius 2 is 1.54 bits per heavy atom. The van der Waals surface area contributed by atoms with Crippen molar-refractivity contribution >= 4 is 5.97 Å². The van der Waals surface area contributed by atoms with Gasteiger partial charge in [-0.25, -0.2) is 0 Å². The van der Waals surface area contributed by atoms with Crippen LogP contribution in [0.1, 0.15) is 77.8 Å². The standard InChI is InChI=1S/C20H33NO3/c1-8-14(6)18(21)20(22)24-15(7)23-19-16(12(2)3)10-9-11-17(19)13(4)5/h9-15,18H,8,21H2,1-7H3. The molecule has 0 aromatic heterocycles. The van der Waals surface area contributed by atoms with Gasteiger partial charge in [0.05, 0.1) is 0 Å². The van der Waals surface area contributed by atoms with E-state index >= 15 is 0 Å². The summed E-state index contributed by atoms with van der Waals surface area (Å²) < 4.78 is 11.5. The number of benzene rings is 1. The van der Waals surface area contributed by atoms with Gasteiger partial charge in [-0.05, 0) is 28.9 Å². The molecule has 4 nitrogen and oxygen atoms in total. The summed E-state index contributed by atoms with van der Waals surface area (Å²) in [4.78, 5) is 12.2. The quantitative estimate of drug-likeness (QED) is 0.558. The minimum Gasteiger partial charge on any atom is -0.454 e. The molecule has 136 valence electrons. The maximum atomic E-state index is 12.2. The van der Waals surface area contributed by atoms with Gasteiger partial charge in [-0.3, -0.25) is 4.79 Å². The van der Waals surface area contributed by atoms with Crippen LogP contribution in [0, 0.1) is 5.92 Å². The number of para-hydroxylation sites is 1. The summed E-state index contributed by atoms with van der Waals surface area (Å²) in [6.07, 6.45) is 0.157. The van der Waals surface area contributed by atoms with Crippen molar-refractivity contribution in [3.8, 4) is 5.75 Å². The first-order valence-corrected chi connectivity index (χ1v) is 8.94. The van der Waals surface area contributed by atoms with Crippen molar-refractivity contribution in [3.63, 3.8) is 0 Å². The van der Waals surface area contributed by atoms with Crippen LogP contribution >= 0.6 is 0 Å². The van der Waals surface area contributed by atoms with Gasteiger partial charge >= 0.3 is 5.97 Å². The Balaban J connectivity index is 2.94. The second-order valence-corrected chi connectivity index (χ2v) is 7.11. The molecule has 0 bridgehead atoms. The van der Waals surface area contributed by atoms with Crippen molar-refractivity contribution in [1.82, 2.24) is 0 Å². The molecule has 2 N–H and O–H groups in total. The van der Waals surface area contributed by atoms with E-state index in [1.54, 1.807) is 6.92 Å². The molecular weight excluding hydrogens is 302 g/mol. The van der Waals surface area contributed by atoms with Crippen molar-refractivity contribution in [1.29, 1.82) is 0 Å². The molecule has 0 radical (unpaired) electrons. The predicted molar refractivity (Wildman–Crippen MR) is 98.2 cm³/mol. The van der Waals surface area contributed by atoms with Gasteiger partial charge in [-0.1, -0.05) is 66.2 Å². The van der Waals surface area contributed by atoms with E-state index in [0.717, 1.165) is 23.3 Å². The first-order valence-electron chi connectivity index (χ1n) is 8.94.